The second kappa shape index (κ2) is 10.8. The summed E-state index contributed by atoms with van der Waals surface area (Å²) in [6, 6.07) is 16.6. The van der Waals surface area contributed by atoms with Gasteiger partial charge in [0, 0.05) is 6.54 Å². The number of nitrogens with one attached hydrogen (secondary N) is 1. The topological polar surface area (TPSA) is 100 Å². The maximum absolute atomic E-state index is 12.6. The third-order valence-corrected chi connectivity index (χ3v) is 4.81. The Bertz CT molecular complexity index is 893. The van der Waals surface area contributed by atoms with E-state index in [1.165, 1.54) is 0 Å². The molecule has 1 fully saturated rings. The molecule has 8 nitrogen and oxygen atoms in total. The molecule has 164 valence electrons. The van der Waals surface area contributed by atoms with Gasteiger partial charge in [0.2, 0.25) is 0 Å². The largest absolute Gasteiger partial charge is 0.452 e. The number of alkyl halides is 1. The zero-order valence-electron chi connectivity index (χ0n) is 16.7. The molecular formula is C22H22ClNO7. The lowest BCUT2D eigenvalue weighted by Gasteiger charge is -2.23. The summed E-state index contributed by atoms with van der Waals surface area (Å²) >= 11 is 6.26. The minimum absolute atomic E-state index is 0.249. The van der Waals surface area contributed by atoms with Crippen LogP contribution >= 0.6 is 11.6 Å². The smallest absolute Gasteiger partial charge is 0.407 e. The fourth-order valence-electron chi connectivity index (χ4n) is 2.97. The molecule has 1 saturated heterocycles. The molecule has 1 unspecified atom stereocenters. The Morgan fingerprint density at radius 2 is 1.42 bits per heavy atom. The van der Waals surface area contributed by atoms with Crippen LogP contribution in [0.2, 0.25) is 0 Å². The predicted molar refractivity (Wildman–Crippen MR) is 111 cm³/mol. The summed E-state index contributed by atoms with van der Waals surface area (Å²) < 4.78 is 21.8. The molecule has 0 saturated carbocycles. The molecule has 1 heterocycles. The second-order valence-corrected chi connectivity index (χ2v) is 7.06. The molecule has 2 aromatic carbocycles. The van der Waals surface area contributed by atoms with Gasteiger partial charge in [0.25, 0.3) is 0 Å². The molecule has 2 aromatic rings. The zero-order valence-corrected chi connectivity index (χ0v) is 17.5. The van der Waals surface area contributed by atoms with Crippen LogP contribution in [-0.4, -0.2) is 55.1 Å². The Labute approximate surface area is 184 Å². The van der Waals surface area contributed by atoms with Crippen molar-refractivity contribution in [1.82, 2.24) is 5.32 Å². The van der Waals surface area contributed by atoms with Crippen LogP contribution in [0, 0.1) is 0 Å². The molecule has 0 bridgehead atoms. The molecule has 1 aliphatic heterocycles. The van der Waals surface area contributed by atoms with Gasteiger partial charge in [0.15, 0.2) is 17.8 Å². The molecule has 9 heteroatoms. The third-order valence-electron chi connectivity index (χ3n) is 4.46. The molecule has 0 radical (unpaired) electrons. The minimum Gasteiger partial charge on any atom is -0.452 e. The van der Waals surface area contributed by atoms with E-state index in [9.17, 15) is 14.4 Å². The van der Waals surface area contributed by atoms with Crippen LogP contribution in [0.25, 0.3) is 0 Å². The number of hydrogen-bond donors (Lipinski definition) is 1. The summed E-state index contributed by atoms with van der Waals surface area (Å²) in [5.41, 5.74) is -0.498. The first-order valence-corrected chi connectivity index (χ1v) is 10.2. The van der Waals surface area contributed by atoms with E-state index in [4.69, 9.17) is 30.5 Å². The highest BCUT2D eigenvalue weighted by atomic mass is 35.5. The van der Waals surface area contributed by atoms with Gasteiger partial charge in [-0.05, 0) is 31.2 Å². The number of halogens is 1. The van der Waals surface area contributed by atoms with Crippen molar-refractivity contribution in [2.45, 2.75) is 30.8 Å². The van der Waals surface area contributed by atoms with E-state index >= 15 is 0 Å². The highest BCUT2D eigenvalue weighted by Crippen LogP contribution is 2.31. The van der Waals surface area contributed by atoms with Crippen molar-refractivity contribution < 1.29 is 33.3 Å². The van der Waals surface area contributed by atoms with Gasteiger partial charge < -0.3 is 24.3 Å². The number of amides is 1. The first-order chi connectivity index (χ1) is 15.0. The van der Waals surface area contributed by atoms with Gasteiger partial charge in [-0.1, -0.05) is 48.0 Å². The summed E-state index contributed by atoms with van der Waals surface area (Å²) in [7, 11) is 0. The van der Waals surface area contributed by atoms with Crippen molar-refractivity contribution in [3.05, 3.63) is 71.8 Å². The maximum Gasteiger partial charge on any atom is 0.407 e. The van der Waals surface area contributed by atoms with Crippen LogP contribution < -0.4 is 5.32 Å². The molecule has 1 N–H and O–H groups in total. The Hall–Kier alpha value is -3.10. The Balaban J connectivity index is 1.76. The fraction of sp³-hybridized carbons (Fsp3) is 0.318. The zero-order chi connectivity index (χ0) is 22.2. The monoisotopic (exact) mass is 447 g/mol. The number of rotatable bonds is 7. The van der Waals surface area contributed by atoms with Crippen LogP contribution in [0.1, 0.15) is 27.6 Å². The van der Waals surface area contributed by atoms with E-state index in [2.05, 4.69) is 5.32 Å². The van der Waals surface area contributed by atoms with Crippen molar-refractivity contribution in [3.63, 3.8) is 0 Å². The standard InChI is InChI=1S/C22H22ClNO7/c1-2-24-22(27)28-13-16-17(30-20(25)14-9-5-3-6-10-14)18(19(23)29-16)31-21(26)15-11-7-4-8-12-15/h3-12,16-19H,2,13H2,1H3,(H,24,27)/t16-,17-,18-,19?/m1/s1. The minimum atomic E-state index is -1.11. The molecule has 4 atom stereocenters. The number of benzene rings is 2. The van der Waals surface area contributed by atoms with E-state index in [0.29, 0.717) is 17.7 Å². The Kier molecular flexibility index (Phi) is 7.86. The summed E-state index contributed by atoms with van der Waals surface area (Å²) in [6.07, 6.45) is -3.77. The molecule has 31 heavy (non-hydrogen) atoms. The highest BCUT2D eigenvalue weighted by molar-refractivity contribution is 6.20. The average molecular weight is 448 g/mol. The molecular weight excluding hydrogens is 426 g/mol. The molecule has 3 rings (SSSR count). The number of ether oxygens (including phenoxy) is 4. The van der Waals surface area contributed by atoms with E-state index in [1.807, 2.05) is 0 Å². The molecule has 1 aliphatic rings. The predicted octanol–water partition coefficient (Wildman–Crippen LogP) is 3.15. The van der Waals surface area contributed by atoms with Gasteiger partial charge in [-0.15, -0.1) is 0 Å². The molecule has 0 aromatic heterocycles. The van der Waals surface area contributed by atoms with Crippen LogP contribution in [0.4, 0.5) is 4.79 Å². The third kappa shape index (κ3) is 5.96. The van der Waals surface area contributed by atoms with Gasteiger partial charge in [0.1, 0.15) is 12.7 Å². The number of carbonyl (C=O) groups excluding carboxylic acids is 3. The van der Waals surface area contributed by atoms with E-state index in [1.54, 1.807) is 67.6 Å². The van der Waals surface area contributed by atoms with Crippen molar-refractivity contribution in [3.8, 4) is 0 Å². The van der Waals surface area contributed by atoms with E-state index in [0.717, 1.165) is 0 Å². The van der Waals surface area contributed by atoms with Crippen molar-refractivity contribution >= 4 is 29.6 Å². The summed E-state index contributed by atoms with van der Waals surface area (Å²) in [5.74, 6) is -1.30. The van der Waals surface area contributed by atoms with Crippen LogP contribution in [0.3, 0.4) is 0 Å². The van der Waals surface area contributed by atoms with Gasteiger partial charge >= 0.3 is 18.0 Å². The van der Waals surface area contributed by atoms with Gasteiger partial charge in [-0.25, -0.2) is 14.4 Å². The number of hydrogen-bond acceptors (Lipinski definition) is 7. The second-order valence-electron chi connectivity index (χ2n) is 6.63. The lowest BCUT2D eigenvalue weighted by Crippen LogP contribution is -2.41. The lowest BCUT2D eigenvalue weighted by atomic mass is 10.1. The average Bonchev–Trinajstić information content (AvgIpc) is 3.08. The Morgan fingerprint density at radius 1 is 0.903 bits per heavy atom. The molecule has 0 spiro atoms. The molecule has 0 aliphatic carbocycles. The lowest BCUT2D eigenvalue weighted by molar-refractivity contribution is -0.0406. The van der Waals surface area contributed by atoms with Gasteiger partial charge in [-0.2, -0.15) is 0 Å². The first-order valence-electron chi connectivity index (χ1n) is 9.71. The van der Waals surface area contributed by atoms with E-state index in [-0.39, 0.29) is 6.61 Å². The Morgan fingerprint density at radius 3 is 1.94 bits per heavy atom. The number of esters is 2. The maximum atomic E-state index is 12.6. The highest BCUT2D eigenvalue weighted by Gasteiger charge is 2.49. The number of carbonyl (C=O) groups is 3. The summed E-state index contributed by atoms with van der Waals surface area (Å²) in [6.45, 7) is 1.87. The SMILES string of the molecule is CCNC(=O)OC[C@H]1OC(Cl)[C@H](OC(=O)c2ccccc2)[C@@H]1OC(=O)c1ccccc1. The van der Waals surface area contributed by atoms with Gasteiger partial charge in [0.05, 0.1) is 11.1 Å². The number of alkyl carbamates (subject to hydrolysis) is 1. The van der Waals surface area contributed by atoms with Crippen LogP contribution in [0.15, 0.2) is 60.7 Å². The fourth-order valence-corrected chi connectivity index (χ4v) is 3.29. The molecule has 1 amide bonds. The van der Waals surface area contributed by atoms with Crippen LogP contribution in [-0.2, 0) is 18.9 Å². The quantitative estimate of drug-likeness (QED) is 0.395. The van der Waals surface area contributed by atoms with Crippen molar-refractivity contribution in [2.24, 2.45) is 0 Å². The van der Waals surface area contributed by atoms with Crippen LogP contribution in [0.5, 0.6) is 0 Å². The van der Waals surface area contributed by atoms with Crippen molar-refractivity contribution in [2.75, 3.05) is 13.2 Å². The van der Waals surface area contributed by atoms with Crippen molar-refractivity contribution in [1.29, 1.82) is 0 Å². The van der Waals surface area contributed by atoms with Gasteiger partial charge in [-0.3, -0.25) is 0 Å². The van der Waals surface area contributed by atoms with E-state index < -0.39 is 41.9 Å². The summed E-state index contributed by atoms with van der Waals surface area (Å²) in [5, 5.41) is 2.48. The normalized spacial score (nSPS) is 22.4. The first kappa shape index (κ1) is 22.6. The summed E-state index contributed by atoms with van der Waals surface area (Å²) in [4.78, 5) is 36.8.